The van der Waals surface area contributed by atoms with Gasteiger partial charge in [0.25, 0.3) is 0 Å². The highest BCUT2D eigenvalue weighted by Crippen LogP contribution is 2.22. The Labute approximate surface area is 171 Å². The second-order valence-electron chi connectivity index (χ2n) is 7.12. The molecular formula is C23H27N3O3. The van der Waals surface area contributed by atoms with Crippen LogP contribution in [-0.2, 0) is 11.2 Å². The van der Waals surface area contributed by atoms with Gasteiger partial charge in [0, 0.05) is 12.1 Å². The van der Waals surface area contributed by atoms with Gasteiger partial charge in [0.15, 0.2) is 0 Å². The molecule has 0 saturated heterocycles. The Hall–Kier alpha value is -3.12. The molecule has 0 spiro atoms. The zero-order valence-corrected chi connectivity index (χ0v) is 17.3. The average Bonchev–Trinajstić information content (AvgIpc) is 3.09. The number of aromatic nitrogens is 1. The second kappa shape index (κ2) is 9.39. The van der Waals surface area contributed by atoms with Gasteiger partial charge in [0.1, 0.15) is 11.5 Å². The van der Waals surface area contributed by atoms with Crippen molar-refractivity contribution in [3.05, 3.63) is 71.6 Å². The molecule has 0 aliphatic carbocycles. The van der Waals surface area contributed by atoms with Gasteiger partial charge in [0.05, 0.1) is 25.3 Å². The third-order valence-electron chi connectivity index (χ3n) is 4.86. The Morgan fingerprint density at radius 3 is 2.45 bits per heavy atom. The van der Waals surface area contributed by atoms with Crippen LogP contribution in [0.3, 0.4) is 0 Å². The van der Waals surface area contributed by atoms with E-state index in [2.05, 4.69) is 15.2 Å². The summed E-state index contributed by atoms with van der Waals surface area (Å²) in [5.74, 6) is 1.93. The van der Waals surface area contributed by atoms with Crippen molar-refractivity contribution in [1.82, 2.24) is 15.2 Å². The molecule has 1 atom stereocenters. The smallest absolute Gasteiger partial charge is 0.226 e. The van der Waals surface area contributed by atoms with Crippen LogP contribution in [0.5, 0.6) is 5.75 Å². The normalized spacial score (nSPS) is 12.0. The van der Waals surface area contributed by atoms with E-state index in [-0.39, 0.29) is 18.4 Å². The van der Waals surface area contributed by atoms with E-state index in [1.807, 2.05) is 75.6 Å². The molecule has 2 aromatic carbocycles. The van der Waals surface area contributed by atoms with Crippen molar-refractivity contribution in [3.8, 4) is 17.2 Å². The summed E-state index contributed by atoms with van der Waals surface area (Å²) in [7, 11) is 5.64. The molecule has 1 unspecified atom stereocenters. The molecule has 1 N–H and O–H groups in total. The minimum Gasteiger partial charge on any atom is -0.497 e. The summed E-state index contributed by atoms with van der Waals surface area (Å²) in [5, 5.41) is 3.02. The van der Waals surface area contributed by atoms with Crippen LogP contribution < -0.4 is 10.1 Å². The molecule has 0 saturated carbocycles. The number of amides is 1. The molecule has 6 heteroatoms. The number of nitrogens with one attached hydrogen (secondary N) is 1. The van der Waals surface area contributed by atoms with Gasteiger partial charge in [-0.3, -0.25) is 4.79 Å². The second-order valence-corrected chi connectivity index (χ2v) is 7.12. The number of likely N-dealkylation sites (N-methyl/N-ethyl adjacent to an activating group) is 1. The average molecular weight is 393 g/mol. The number of methoxy groups -OCH3 is 1. The fraction of sp³-hybridized carbons (Fsp3) is 0.304. The Morgan fingerprint density at radius 2 is 1.83 bits per heavy atom. The number of aryl methyl sites for hydroxylation is 1. The van der Waals surface area contributed by atoms with Gasteiger partial charge >= 0.3 is 0 Å². The molecular weight excluding hydrogens is 366 g/mol. The molecule has 0 radical (unpaired) electrons. The van der Waals surface area contributed by atoms with Gasteiger partial charge in [0.2, 0.25) is 11.8 Å². The number of oxazole rings is 1. The third kappa shape index (κ3) is 5.23. The fourth-order valence-electron chi connectivity index (χ4n) is 3.15. The lowest BCUT2D eigenvalue weighted by Gasteiger charge is -2.25. The third-order valence-corrected chi connectivity index (χ3v) is 4.86. The minimum atomic E-state index is -0.0821. The number of rotatable bonds is 8. The van der Waals surface area contributed by atoms with Crippen LogP contribution in [0.15, 0.2) is 59.0 Å². The van der Waals surface area contributed by atoms with E-state index in [0.717, 1.165) is 16.9 Å². The summed E-state index contributed by atoms with van der Waals surface area (Å²) in [4.78, 5) is 19.1. The number of carbonyl (C=O) groups excluding carboxylic acids is 1. The summed E-state index contributed by atoms with van der Waals surface area (Å²) < 4.78 is 11.0. The molecule has 1 aromatic heterocycles. The van der Waals surface area contributed by atoms with E-state index < -0.39 is 0 Å². The quantitative estimate of drug-likeness (QED) is 0.633. The molecule has 0 fully saturated rings. The lowest BCUT2D eigenvalue weighted by atomic mass is 10.1. The molecule has 1 amide bonds. The molecule has 1 heterocycles. The molecule has 0 aliphatic heterocycles. The number of nitrogens with zero attached hydrogens (tertiary/aromatic N) is 2. The van der Waals surface area contributed by atoms with Crippen molar-refractivity contribution in [3.63, 3.8) is 0 Å². The van der Waals surface area contributed by atoms with Crippen molar-refractivity contribution < 1.29 is 13.9 Å². The van der Waals surface area contributed by atoms with Gasteiger partial charge < -0.3 is 19.4 Å². The monoisotopic (exact) mass is 393 g/mol. The number of benzene rings is 2. The van der Waals surface area contributed by atoms with Crippen LogP contribution in [0, 0.1) is 6.92 Å². The Kier molecular flexibility index (Phi) is 6.67. The summed E-state index contributed by atoms with van der Waals surface area (Å²) in [5.41, 5.74) is 2.67. The molecule has 0 aliphatic rings. The van der Waals surface area contributed by atoms with E-state index in [0.29, 0.717) is 23.9 Å². The molecule has 3 aromatic rings. The van der Waals surface area contributed by atoms with Crippen LogP contribution in [0.2, 0.25) is 0 Å². The number of hydrogen-bond donors (Lipinski definition) is 1. The number of ether oxygens (including phenoxy) is 1. The molecule has 3 rings (SSSR count). The maximum Gasteiger partial charge on any atom is 0.226 e. The van der Waals surface area contributed by atoms with Crippen LogP contribution in [0.4, 0.5) is 0 Å². The van der Waals surface area contributed by atoms with Gasteiger partial charge in [-0.25, -0.2) is 4.98 Å². The Bertz CT molecular complexity index is 934. The van der Waals surface area contributed by atoms with Gasteiger partial charge in [-0.1, -0.05) is 30.3 Å². The van der Waals surface area contributed by atoms with Gasteiger partial charge in [-0.15, -0.1) is 0 Å². The highest BCUT2D eigenvalue weighted by molar-refractivity contribution is 5.78. The van der Waals surface area contributed by atoms with Crippen molar-refractivity contribution >= 4 is 5.91 Å². The van der Waals surface area contributed by atoms with E-state index >= 15 is 0 Å². The summed E-state index contributed by atoms with van der Waals surface area (Å²) in [6, 6.07) is 17.6. The predicted octanol–water partition coefficient (Wildman–Crippen LogP) is 3.62. The van der Waals surface area contributed by atoms with Crippen LogP contribution in [-0.4, -0.2) is 43.5 Å². The Morgan fingerprint density at radius 1 is 1.14 bits per heavy atom. The van der Waals surface area contributed by atoms with E-state index in [1.54, 1.807) is 7.11 Å². The minimum absolute atomic E-state index is 0.0585. The lowest BCUT2D eigenvalue weighted by molar-refractivity contribution is -0.120. The summed E-state index contributed by atoms with van der Waals surface area (Å²) >= 11 is 0. The number of carbonyl (C=O) groups is 1. The first-order valence-electron chi connectivity index (χ1n) is 9.56. The van der Waals surface area contributed by atoms with Crippen molar-refractivity contribution in [1.29, 1.82) is 0 Å². The van der Waals surface area contributed by atoms with Crippen molar-refractivity contribution in [2.75, 3.05) is 27.7 Å². The highest BCUT2D eigenvalue weighted by Gasteiger charge is 2.18. The van der Waals surface area contributed by atoms with Crippen molar-refractivity contribution in [2.24, 2.45) is 0 Å². The van der Waals surface area contributed by atoms with Crippen LogP contribution in [0.25, 0.3) is 11.5 Å². The molecule has 152 valence electrons. The Balaban J connectivity index is 1.63. The zero-order chi connectivity index (χ0) is 20.8. The predicted molar refractivity (Wildman–Crippen MR) is 113 cm³/mol. The van der Waals surface area contributed by atoms with E-state index in [9.17, 15) is 4.79 Å². The van der Waals surface area contributed by atoms with Crippen LogP contribution in [0.1, 0.15) is 23.1 Å². The maximum atomic E-state index is 12.5. The zero-order valence-electron chi connectivity index (χ0n) is 17.3. The van der Waals surface area contributed by atoms with Gasteiger partial charge in [-0.2, -0.15) is 0 Å². The first kappa shape index (κ1) is 20.6. The first-order chi connectivity index (χ1) is 14.0. The fourth-order valence-corrected chi connectivity index (χ4v) is 3.15. The standard InChI is InChI=1S/C23H27N3O3/c1-16-20(25-23(29-16)18-8-6-5-7-9-18)14-22(27)24-15-21(26(2)3)17-10-12-19(28-4)13-11-17/h5-13,21H,14-15H2,1-4H3,(H,24,27). The van der Waals surface area contributed by atoms with E-state index in [4.69, 9.17) is 9.15 Å². The maximum absolute atomic E-state index is 12.5. The SMILES string of the molecule is COc1ccc(C(CNC(=O)Cc2nc(-c3ccccc3)oc2C)N(C)C)cc1. The largest absolute Gasteiger partial charge is 0.497 e. The number of hydrogen-bond acceptors (Lipinski definition) is 5. The molecule has 29 heavy (non-hydrogen) atoms. The lowest BCUT2D eigenvalue weighted by Crippen LogP contribution is -2.35. The summed E-state index contributed by atoms with van der Waals surface area (Å²) in [6.45, 7) is 2.34. The summed E-state index contributed by atoms with van der Waals surface area (Å²) in [6.07, 6.45) is 0.185. The first-order valence-corrected chi connectivity index (χ1v) is 9.56. The van der Waals surface area contributed by atoms with Crippen LogP contribution >= 0.6 is 0 Å². The van der Waals surface area contributed by atoms with E-state index in [1.165, 1.54) is 0 Å². The molecule has 0 bridgehead atoms. The van der Waals surface area contributed by atoms with Gasteiger partial charge in [-0.05, 0) is 50.8 Å². The highest BCUT2D eigenvalue weighted by atomic mass is 16.5. The van der Waals surface area contributed by atoms with Crippen molar-refractivity contribution in [2.45, 2.75) is 19.4 Å². The molecule has 6 nitrogen and oxygen atoms in total. The topological polar surface area (TPSA) is 67.6 Å².